The van der Waals surface area contributed by atoms with Gasteiger partial charge < -0.3 is 13.9 Å². The Labute approximate surface area is 249 Å². The van der Waals surface area contributed by atoms with Crippen LogP contribution in [0.1, 0.15) is 16.7 Å². The number of hydrogen-bond acceptors (Lipinski definition) is 7. The van der Waals surface area contributed by atoms with Gasteiger partial charge in [0.25, 0.3) is 5.56 Å². The SMILES string of the molecule is COc1cc(C=Nn2c(-c3cc4cc(Cl)ccc4o3)nc3ccccc3c2=O)cc(Cl)c1OCc1ccccc1C#N. The maximum Gasteiger partial charge on any atom is 0.282 e. The summed E-state index contributed by atoms with van der Waals surface area (Å²) < 4.78 is 18.7. The number of benzene rings is 4. The Morgan fingerprint density at radius 1 is 1.05 bits per heavy atom. The second kappa shape index (κ2) is 11.4. The molecular formula is C32H20Cl2N4O4. The maximum absolute atomic E-state index is 13.6. The molecule has 0 unspecified atom stereocenters. The van der Waals surface area contributed by atoms with Crippen LogP contribution in [0.25, 0.3) is 33.5 Å². The molecule has 0 aliphatic rings. The van der Waals surface area contributed by atoms with Crippen molar-refractivity contribution in [2.45, 2.75) is 6.61 Å². The summed E-state index contributed by atoms with van der Waals surface area (Å²) in [6.07, 6.45) is 1.48. The average molecular weight is 595 g/mol. The molecule has 42 heavy (non-hydrogen) atoms. The second-order valence-corrected chi connectivity index (χ2v) is 10.0. The first-order valence-corrected chi connectivity index (χ1v) is 13.4. The monoisotopic (exact) mass is 594 g/mol. The van der Waals surface area contributed by atoms with E-state index in [1.54, 1.807) is 72.8 Å². The lowest BCUT2D eigenvalue weighted by Gasteiger charge is -2.14. The van der Waals surface area contributed by atoms with E-state index in [1.807, 2.05) is 12.1 Å². The van der Waals surface area contributed by atoms with E-state index in [9.17, 15) is 10.1 Å². The molecule has 0 aliphatic heterocycles. The maximum atomic E-state index is 13.6. The van der Waals surface area contributed by atoms with Crippen molar-refractivity contribution in [3.05, 3.63) is 122 Å². The molecule has 0 amide bonds. The Balaban J connectivity index is 1.39. The van der Waals surface area contributed by atoms with Gasteiger partial charge in [0.15, 0.2) is 17.3 Å². The predicted octanol–water partition coefficient (Wildman–Crippen LogP) is 7.46. The Morgan fingerprint density at radius 2 is 1.86 bits per heavy atom. The molecule has 0 saturated heterocycles. The zero-order valence-electron chi connectivity index (χ0n) is 22.0. The van der Waals surface area contributed by atoms with Crippen LogP contribution in [-0.4, -0.2) is 23.0 Å². The van der Waals surface area contributed by atoms with Crippen molar-refractivity contribution in [2.75, 3.05) is 7.11 Å². The molecule has 2 heterocycles. The standard InChI is InChI=1S/C32H20Cl2N4O4/c1-40-28-13-19(12-25(34)30(28)41-18-21-7-3-2-6-20(21)16-35)17-36-38-31(37-26-9-5-4-8-24(26)32(38)39)29-15-22-14-23(33)10-11-27(22)42-29/h2-15,17H,18H2,1H3. The molecule has 6 aromatic rings. The number of nitrogens with zero attached hydrogens (tertiary/aromatic N) is 4. The van der Waals surface area contributed by atoms with Crippen molar-refractivity contribution in [1.29, 1.82) is 5.26 Å². The third kappa shape index (κ3) is 5.19. The van der Waals surface area contributed by atoms with E-state index in [1.165, 1.54) is 18.0 Å². The number of hydrogen-bond donors (Lipinski definition) is 0. The van der Waals surface area contributed by atoms with Gasteiger partial charge in [-0.1, -0.05) is 53.5 Å². The molecule has 4 aromatic carbocycles. The van der Waals surface area contributed by atoms with Gasteiger partial charge in [-0.25, -0.2) is 4.98 Å². The summed E-state index contributed by atoms with van der Waals surface area (Å²) in [5.74, 6) is 1.24. The molecule has 0 bridgehead atoms. The molecule has 0 saturated carbocycles. The number of furan rings is 1. The van der Waals surface area contributed by atoms with Gasteiger partial charge in [0, 0.05) is 16.0 Å². The number of ether oxygens (including phenoxy) is 2. The topological polar surface area (TPSA) is 103 Å². The molecule has 0 spiro atoms. The minimum absolute atomic E-state index is 0.122. The molecule has 206 valence electrons. The molecule has 0 atom stereocenters. The van der Waals surface area contributed by atoms with Crippen LogP contribution in [0.4, 0.5) is 0 Å². The molecule has 6 rings (SSSR count). The Bertz CT molecular complexity index is 2110. The van der Waals surface area contributed by atoms with Crippen LogP contribution in [0.5, 0.6) is 11.5 Å². The zero-order chi connectivity index (χ0) is 29.2. The van der Waals surface area contributed by atoms with Gasteiger partial charge in [0.05, 0.1) is 40.9 Å². The number of rotatable bonds is 7. The minimum Gasteiger partial charge on any atom is -0.493 e. The number of halogens is 2. The van der Waals surface area contributed by atoms with Gasteiger partial charge in [-0.2, -0.15) is 15.0 Å². The van der Waals surface area contributed by atoms with E-state index in [0.29, 0.717) is 55.5 Å². The van der Waals surface area contributed by atoms with Crippen molar-refractivity contribution in [3.8, 4) is 29.2 Å². The van der Waals surface area contributed by atoms with Crippen molar-refractivity contribution in [3.63, 3.8) is 0 Å². The fourth-order valence-corrected chi connectivity index (χ4v) is 4.95. The minimum atomic E-state index is -0.375. The number of para-hydroxylation sites is 1. The Morgan fingerprint density at radius 3 is 2.69 bits per heavy atom. The molecular weight excluding hydrogens is 575 g/mol. The smallest absolute Gasteiger partial charge is 0.282 e. The number of methoxy groups -OCH3 is 1. The quantitative estimate of drug-likeness (QED) is 0.178. The van der Waals surface area contributed by atoms with Crippen LogP contribution in [-0.2, 0) is 6.61 Å². The number of nitriles is 1. The Kier molecular flexibility index (Phi) is 7.36. The van der Waals surface area contributed by atoms with Gasteiger partial charge >= 0.3 is 0 Å². The number of aromatic nitrogens is 2. The van der Waals surface area contributed by atoms with E-state index in [-0.39, 0.29) is 23.0 Å². The molecule has 10 heteroatoms. The van der Waals surface area contributed by atoms with E-state index in [2.05, 4.69) is 11.2 Å². The third-order valence-electron chi connectivity index (χ3n) is 6.54. The van der Waals surface area contributed by atoms with Crippen LogP contribution in [0, 0.1) is 11.3 Å². The summed E-state index contributed by atoms with van der Waals surface area (Å²) in [5, 5.41) is 15.8. The molecule has 8 nitrogen and oxygen atoms in total. The molecule has 0 fully saturated rings. The summed E-state index contributed by atoms with van der Waals surface area (Å²) in [6, 6.07) is 26.7. The molecule has 2 aromatic heterocycles. The lowest BCUT2D eigenvalue weighted by Crippen LogP contribution is -2.20. The first-order valence-electron chi connectivity index (χ1n) is 12.7. The lowest BCUT2D eigenvalue weighted by molar-refractivity contribution is 0.284. The predicted molar refractivity (Wildman–Crippen MR) is 163 cm³/mol. The Hall–Kier alpha value is -5.10. The zero-order valence-corrected chi connectivity index (χ0v) is 23.6. The van der Waals surface area contributed by atoms with Gasteiger partial charge in [-0.05, 0) is 60.2 Å². The highest BCUT2D eigenvalue weighted by molar-refractivity contribution is 6.32. The fraction of sp³-hybridized carbons (Fsp3) is 0.0625. The summed E-state index contributed by atoms with van der Waals surface area (Å²) in [7, 11) is 1.49. The summed E-state index contributed by atoms with van der Waals surface area (Å²) in [6.45, 7) is 0.122. The van der Waals surface area contributed by atoms with Crippen LogP contribution < -0.4 is 15.0 Å². The van der Waals surface area contributed by atoms with Gasteiger partial charge in [-0.15, -0.1) is 0 Å². The molecule has 0 aliphatic carbocycles. The highest BCUT2D eigenvalue weighted by atomic mass is 35.5. The van der Waals surface area contributed by atoms with E-state index in [4.69, 9.17) is 42.1 Å². The van der Waals surface area contributed by atoms with Crippen LogP contribution >= 0.6 is 23.2 Å². The van der Waals surface area contributed by atoms with Crippen molar-refractivity contribution < 1.29 is 13.9 Å². The van der Waals surface area contributed by atoms with Gasteiger partial charge in [0.2, 0.25) is 5.82 Å². The summed E-state index contributed by atoms with van der Waals surface area (Å²) >= 11 is 12.8. The van der Waals surface area contributed by atoms with Gasteiger partial charge in [-0.3, -0.25) is 4.79 Å². The highest BCUT2D eigenvalue weighted by Crippen LogP contribution is 2.37. The normalized spacial score (nSPS) is 11.3. The van der Waals surface area contributed by atoms with E-state index >= 15 is 0 Å². The average Bonchev–Trinajstić information content (AvgIpc) is 3.43. The third-order valence-corrected chi connectivity index (χ3v) is 7.05. The highest BCUT2D eigenvalue weighted by Gasteiger charge is 2.17. The second-order valence-electron chi connectivity index (χ2n) is 9.20. The molecule has 0 N–H and O–H groups in total. The summed E-state index contributed by atoms with van der Waals surface area (Å²) in [5.41, 5.74) is 2.49. The lowest BCUT2D eigenvalue weighted by atomic mass is 10.1. The van der Waals surface area contributed by atoms with Crippen molar-refractivity contribution in [1.82, 2.24) is 9.66 Å². The van der Waals surface area contributed by atoms with Crippen molar-refractivity contribution >= 4 is 51.3 Å². The molecule has 0 radical (unpaired) electrons. The number of fused-ring (bicyclic) bond motifs is 2. The van der Waals surface area contributed by atoms with E-state index in [0.717, 1.165) is 5.39 Å². The largest absolute Gasteiger partial charge is 0.493 e. The first kappa shape index (κ1) is 27.1. The van der Waals surface area contributed by atoms with Crippen LogP contribution in [0.15, 0.2) is 99.2 Å². The summed E-state index contributed by atoms with van der Waals surface area (Å²) in [4.78, 5) is 18.3. The first-order chi connectivity index (χ1) is 20.4. The van der Waals surface area contributed by atoms with Gasteiger partial charge in [0.1, 0.15) is 12.2 Å². The van der Waals surface area contributed by atoms with Crippen molar-refractivity contribution in [2.24, 2.45) is 5.10 Å². The fourth-order valence-electron chi connectivity index (χ4n) is 4.50. The van der Waals surface area contributed by atoms with Crippen LogP contribution in [0.2, 0.25) is 10.0 Å². The van der Waals surface area contributed by atoms with E-state index < -0.39 is 0 Å². The van der Waals surface area contributed by atoms with Crippen LogP contribution in [0.3, 0.4) is 0 Å².